The fraction of sp³-hybridized carbons (Fsp3) is 0.250. The number of nitrogens with one attached hydrogen (secondary N) is 1. The summed E-state index contributed by atoms with van der Waals surface area (Å²) in [7, 11) is 0. The van der Waals surface area contributed by atoms with Crippen LogP contribution in [-0.2, 0) is 0 Å². The normalized spacial score (nSPS) is 10.5. The molecule has 0 saturated heterocycles. The number of nitrogens with zero attached hydrogens (tertiary/aromatic N) is 3. The number of fused-ring (bicyclic) bond motifs is 1. The summed E-state index contributed by atoms with van der Waals surface area (Å²) in [5.41, 5.74) is 2.85. The van der Waals surface area contributed by atoms with Crippen molar-refractivity contribution in [3.8, 4) is 0 Å². The highest BCUT2D eigenvalue weighted by Gasteiger charge is 2.10. The van der Waals surface area contributed by atoms with Crippen molar-refractivity contribution in [1.82, 2.24) is 19.9 Å². The Kier molecular flexibility index (Phi) is 2.91. The number of carbonyl (C=O) groups excluding carboxylic acids is 1. The van der Waals surface area contributed by atoms with Crippen LogP contribution in [0.5, 0.6) is 0 Å². The molecule has 0 aliphatic heterocycles. The van der Waals surface area contributed by atoms with Gasteiger partial charge in [-0.15, -0.1) is 6.58 Å². The zero-order chi connectivity index (χ0) is 12.4. The van der Waals surface area contributed by atoms with Gasteiger partial charge in [0.15, 0.2) is 5.65 Å². The SMILES string of the molecule is C=CCNC(=O)c1cc(C)n2nc(C)cc2n1. The lowest BCUT2D eigenvalue weighted by atomic mass is 10.3. The molecule has 0 unspecified atom stereocenters. The van der Waals surface area contributed by atoms with Gasteiger partial charge in [-0.1, -0.05) is 6.08 Å². The van der Waals surface area contributed by atoms with E-state index < -0.39 is 0 Å². The van der Waals surface area contributed by atoms with Crippen molar-refractivity contribution in [2.75, 3.05) is 6.54 Å². The summed E-state index contributed by atoms with van der Waals surface area (Å²) in [6, 6.07) is 3.56. The zero-order valence-corrected chi connectivity index (χ0v) is 9.90. The third kappa shape index (κ3) is 2.18. The molecule has 5 nitrogen and oxygen atoms in total. The maximum atomic E-state index is 11.8. The van der Waals surface area contributed by atoms with Gasteiger partial charge in [-0.25, -0.2) is 9.50 Å². The maximum Gasteiger partial charge on any atom is 0.270 e. The van der Waals surface area contributed by atoms with E-state index in [1.54, 1.807) is 16.7 Å². The molecule has 1 N–H and O–H groups in total. The van der Waals surface area contributed by atoms with E-state index in [-0.39, 0.29) is 5.91 Å². The Bertz CT molecular complexity index is 585. The van der Waals surface area contributed by atoms with Gasteiger partial charge in [0.1, 0.15) is 5.69 Å². The number of hydrogen-bond acceptors (Lipinski definition) is 3. The molecule has 0 aromatic carbocycles. The van der Waals surface area contributed by atoms with E-state index in [1.165, 1.54) is 0 Å². The molecule has 5 heteroatoms. The molecule has 0 spiro atoms. The zero-order valence-electron chi connectivity index (χ0n) is 9.90. The maximum absolute atomic E-state index is 11.8. The first kappa shape index (κ1) is 11.3. The summed E-state index contributed by atoms with van der Waals surface area (Å²) in [6.45, 7) is 7.77. The predicted octanol–water partition coefficient (Wildman–Crippen LogP) is 1.26. The number of aromatic nitrogens is 3. The lowest BCUT2D eigenvalue weighted by Crippen LogP contribution is -2.24. The Morgan fingerprint density at radius 1 is 1.53 bits per heavy atom. The Morgan fingerprint density at radius 3 is 3.00 bits per heavy atom. The van der Waals surface area contributed by atoms with Crippen LogP contribution in [0.15, 0.2) is 24.8 Å². The van der Waals surface area contributed by atoms with E-state index in [4.69, 9.17) is 0 Å². The molecule has 0 atom stereocenters. The molecule has 1 amide bonds. The molecule has 2 aromatic rings. The second-order valence-corrected chi connectivity index (χ2v) is 3.84. The standard InChI is InChI=1S/C12H14N4O/c1-4-5-13-12(17)10-7-9(3)16-11(14-10)6-8(2)15-16/h4,6-7H,1,5H2,2-3H3,(H,13,17). The van der Waals surface area contributed by atoms with Crippen LogP contribution < -0.4 is 5.32 Å². The summed E-state index contributed by atoms with van der Waals surface area (Å²) >= 11 is 0. The molecular weight excluding hydrogens is 216 g/mol. The highest BCUT2D eigenvalue weighted by molar-refractivity contribution is 5.92. The average Bonchev–Trinajstić information content (AvgIpc) is 2.67. The van der Waals surface area contributed by atoms with E-state index in [0.717, 1.165) is 11.4 Å². The first-order valence-corrected chi connectivity index (χ1v) is 5.35. The lowest BCUT2D eigenvalue weighted by molar-refractivity contribution is 0.0953. The summed E-state index contributed by atoms with van der Waals surface area (Å²) in [5, 5.41) is 6.98. The van der Waals surface area contributed by atoms with Gasteiger partial charge in [-0.2, -0.15) is 5.10 Å². The van der Waals surface area contributed by atoms with E-state index in [2.05, 4.69) is 22.0 Å². The first-order chi connectivity index (χ1) is 8.11. The summed E-state index contributed by atoms with van der Waals surface area (Å²) in [6.07, 6.45) is 1.63. The number of rotatable bonds is 3. The highest BCUT2D eigenvalue weighted by Crippen LogP contribution is 2.08. The van der Waals surface area contributed by atoms with Crippen LogP contribution in [0.1, 0.15) is 21.9 Å². The van der Waals surface area contributed by atoms with Gasteiger partial charge in [0.05, 0.1) is 5.69 Å². The fourth-order valence-corrected chi connectivity index (χ4v) is 1.61. The predicted molar refractivity (Wildman–Crippen MR) is 65.0 cm³/mol. The van der Waals surface area contributed by atoms with Crippen molar-refractivity contribution in [3.63, 3.8) is 0 Å². The monoisotopic (exact) mass is 230 g/mol. The molecule has 0 aliphatic carbocycles. The molecule has 0 fully saturated rings. The van der Waals surface area contributed by atoms with Crippen molar-refractivity contribution in [3.05, 3.63) is 41.9 Å². The molecule has 2 rings (SSSR count). The van der Waals surface area contributed by atoms with Crippen LogP contribution in [-0.4, -0.2) is 27.0 Å². The Labute approximate surface area is 99.2 Å². The minimum atomic E-state index is -0.200. The number of hydrogen-bond donors (Lipinski definition) is 1. The fourth-order valence-electron chi connectivity index (χ4n) is 1.61. The Hall–Kier alpha value is -2.17. The Balaban J connectivity index is 2.42. The van der Waals surface area contributed by atoms with E-state index in [1.807, 2.05) is 19.9 Å². The molecule has 0 aliphatic rings. The van der Waals surface area contributed by atoms with Gasteiger partial charge in [-0.05, 0) is 19.9 Å². The Morgan fingerprint density at radius 2 is 2.29 bits per heavy atom. The van der Waals surface area contributed by atoms with Crippen molar-refractivity contribution in [1.29, 1.82) is 0 Å². The van der Waals surface area contributed by atoms with Crippen molar-refractivity contribution < 1.29 is 4.79 Å². The first-order valence-electron chi connectivity index (χ1n) is 5.35. The third-order valence-electron chi connectivity index (χ3n) is 2.37. The minimum Gasteiger partial charge on any atom is -0.347 e. The molecule has 88 valence electrons. The average molecular weight is 230 g/mol. The van der Waals surface area contributed by atoms with Crippen LogP contribution in [0.3, 0.4) is 0 Å². The van der Waals surface area contributed by atoms with E-state index in [0.29, 0.717) is 17.9 Å². The third-order valence-corrected chi connectivity index (χ3v) is 2.37. The van der Waals surface area contributed by atoms with Gasteiger partial charge < -0.3 is 5.32 Å². The van der Waals surface area contributed by atoms with Crippen LogP contribution in [0, 0.1) is 13.8 Å². The van der Waals surface area contributed by atoms with E-state index in [9.17, 15) is 4.79 Å². The highest BCUT2D eigenvalue weighted by atomic mass is 16.1. The number of amides is 1. The van der Waals surface area contributed by atoms with Gasteiger partial charge in [0.2, 0.25) is 0 Å². The smallest absolute Gasteiger partial charge is 0.270 e. The van der Waals surface area contributed by atoms with E-state index >= 15 is 0 Å². The van der Waals surface area contributed by atoms with Crippen molar-refractivity contribution in [2.45, 2.75) is 13.8 Å². The quantitative estimate of drug-likeness (QED) is 0.807. The number of aryl methyl sites for hydroxylation is 2. The van der Waals surface area contributed by atoms with Gasteiger partial charge in [0, 0.05) is 18.3 Å². The van der Waals surface area contributed by atoms with Gasteiger partial charge in [0.25, 0.3) is 5.91 Å². The topological polar surface area (TPSA) is 59.3 Å². The van der Waals surface area contributed by atoms with Gasteiger partial charge in [-0.3, -0.25) is 4.79 Å². The molecule has 2 heterocycles. The lowest BCUT2D eigenvalue weighted by Gasteiger charge is -2.04. The molecule has 0 radical (unpaired) electrons. The van der Waals surface area contributed by atoms with Crippen LogP contribution >= 0.6 is 0 Å². The summed E-state index contributed by atoms with van der Waals surface area (Å²) in [5.74, 6) is -0.200. The molecule has 17 heavy (non-hydrogen) atoms. The molecular formula is C12H14N4O. The van der Waals surface area contributed by atoms with Crippen LogP contribution in [0.4, 0.5) is 0 Å². The van der Waals surface area contributed by atoms with Gasteiger partial charge >= 0.3 is 0 Å². The van der Waals surface area contributed by atoms with Crippen LogP contribution in [0.25, 0.3) is 5.65 Å². The summed E-state index contributed by atoms with van der Waals surface area (Å²) in [4.78, 5) is 16.0. The van der Waals surface area contributed by atoms with Crippen molar-refractivity contribution >= 4 is 11.6 Å². The second kappa shape index (κ2) is 4.37. The second-order valence-electron chi connectivity index (χ2n) is 3.84. The molecule has 2 aromatic heterocycles. The minimum absolute atomic E-state index is 0.200. The molecule has 0 saturated carbocycles. The van der Waals surface area contributed by atoms with Crippen molar-refractivity contribution in [2.24, 2.45) is 0 Å². The van der Waals surface area contributed by atoms with Crippen LogP contribution in [0.2, 0.25) is 0 Å². The molecule has 0 bridgehead atoms. The largest absolute Gasteiger partial charge is 0.347 e. The number of carbonyl (C=O) groups is 1. The summed E-state index contributed by atoms with van der Waals surface area (Å²) < 4.78 is 1.72.